The molecule has 0 unspecified atom stereocenters. The number of likely N-dealkylation sites (tertiary alicyclic amines) is 1. The second-order valence-electron chi connectivity index (χ2n) is 5.84. The van der Waals surface area contributed by atoms with Crippen LogP contribution in [0.5, 0.6) is 5.75 Å². The van der Waals surface area contributed by atoms with Crippen molar-refractivity contribution in [3.63, 3.8) is 0 Å². The molecule has 0 atom stereocenters. The number of carbonyl (C=O) groups excluding carboxylic acids is 1. The van der Waals surface area contributed by atoms with Crippen LogP contribution in [0.4, 0.5) is 4.39 Å². The average molecular weight is 333 g/mol. The number of benzene rings is 1. The van der Waals surface area contributed by atoms with E-state index in [0.717, 1.165) is 37.9 Å². The first-order chi connectivity index (χ1) is 11.2. The van der Waals surface area contributed by atoms with E-state index in [1.807, 2.05) is 21.7 Å². The molecule has 122 valence electrons. The number of hydrogen-bond donors (Lipinski definition) is 0. The van der Waals surface area contributed by atoms with Crippen LogP contribution in [-0.4, -0.2) is 30.5 Å². The summed E-state index contributed by atoms with van der Waals surface area (Å²) in [4.78, 5) is 14.2. The van der Waals surface area contributed by atoms with E-state index >= 15 is 0 Å². The Kier molecular flexibility index (Phi) is 5.28. The van der Waals surface area contributed by atoms with E-state index in [1.165, 1.54) is 12.1 Å². The molecule has 23 heavy (non-hydrogen) atoms. The fourth-order valence-electron chi connectivity index (χ4n) is 2.89. The first-order valence-electron chi connectivity index (χ1n) is 7.92. The fraction of sp³-hybridized carbons (Fsp3) is 0.389. The lowest BCUT2D eigenvalue weighted by Crippen LogP contribution is -2.38. The van der Waals surface area contributed by atoms with Gasteiger partial charge in [0.1, 0.15) is 11.6 Å². The van der Waals surface area contributed by atoms with E-state index in [9.17, 15) is 9.18 Å². The summed E-state index contributed by atoms with van der Waals surface area (Å²) in [6.07, 6.45) is 2.95. The van der Waals surface area contributed by atoms with Crippen LogP contribution in [-0.2, 0) is 0 Å². The maximum atomic E-state index is 13.1. The molecule has 1 aromatic carbocycles. The van der Waals surface area contributed by atoms with Gasteiger partial charge in [-0.3, -0.25) is 4.79 Å². The second kappa shape index (κ2) is 7.59. The Hall–Kier alpha value is -1.88. The molecule has 0 saturated carbocycles. The molecule has 2 heterocycles. The van der Waals surface area contributed by atoms with Crippen LogP contribution < -0.4 is 4.74 Å². The summed E-state index contributed by atoms with van der Waals surface area (Å²) < 4.78 is 18.7. The Labute approximate surface area is 139 Å². The summed E-state index contributed by atoms with van der Waals surface area (Å²) in [6.45, 7) is 2.20. The number of ether oxygens (including phenoxy) is 1. The lowest BCUT2D eigenvalue weighted by molar-refractivity contribution is 0.0680. The zero-order chi connectivity index (χ0) is 16.1. The van der Waals surface area contributed by atoms with Crippen LogP contribution in [0.25, 0.3) is 0 Å². The van der Waals surface area contributed by atoms with Gasteiger partial charge in [-0.25, -0.2) is 4.39 Å². The van der Waals surface area contributed by atoms with Crippen molar-refractivity contribution < 1.29 is 13.9 Å². The van der Waals surface area contributed by atoms with Gasteiger partial charge < -0.3 is 9.64 Å². The maximum absolute atomic E-state index is 13.1. The Balaban J connectivity index is 1.40. The highest BCUT2D eigenvalue weighted by Gasteiger charge is 2.23. The molecule has 1 amide bonds. The van der Waals surface area contributed by atoms with Gasteiger partial charge in [-0.05, 0) is 48.8 Å². The Morgan fingerprint density at radius 3 is 2.83 bits per heavy atom. The van der Waals surface area contributed by atoms with E-state index in [4.69, 9.17) is 4.74 Å². The number of nitrogens with zero attached hydrogens (tertiary/aromatic N) is 1. The van der Waals surface area contributed by atoms with Crippen LogP contribution in [0.1, 0.15) is 29.6 Å². The topological polar surface area (TPSA) is 29.5 Å². The summed E-state index contributed by atoms with van der Waals surface area (Å²) in [5.74, 6) is 1.01. The standard InChI is InChI=1S/C18H20FNO2S/c19-16-2-1-3-17(12-16)22-10-6-14-4-8-20(9-5-14)18(21)15-7-11-23-13-15/h1-3,7,11-14H,4-6,8-10H2. The largest absolute Gasteiger partial charge is 0.493 e. The van der Waals surface area contributed by atoms with Crippen LogP contribution >= 0.6 is 11.3 Å². The summed E-state index contributed by atoms with van der Waals surface area (Å²) in [7, 11) is 0. The number of piperidine rings is 1. The Bertz CT molecular complexity index is 636. The minimum atomic E-state index is -0.275. The Morgan fingerprint density at radius 2 is 2.13 bits per heavy atom. The zero-order valence-corrected chi connectivity index (χ0v) is 13.7. The molecule has 0 radical (unpaired) electrons. The van der Waals surface area contributed by atoms with E-state index < -0.39 is 0 Å². The van der Waals surface area contributed by atoms with Gasteiger partial charge in [0.2, 0.25) is 0 Å². The van der Waals surface area contributed by atoms with Crippen molar-refractivity contribution in [3.05, 3.63) is 52.5 Å². The van der Waals surface area contributed by atoms with E-state index in [2.05, 4.69) is 0 Å². The number of amides is 1. The Morgan fingerprint density at radius 1 is 1.30 bits per heavy atom. The fourth-order valence-corrected chi connectivity index (χ4v) is 3.52. The SMILES string of the molecule is O=C(c1ccsc1)N1CCC(CCOc2cccc(F)c2)CC1. The number of rotatable bonds is 5. The van der Waals surface area contributed by atoms with E-state index in [0.29, 0.717) is 18.3 Å². The number of thiophene rings is 1. The predicted octanol–water partition coefficient (Wildman–Crippen LogP) is 4.21. The lowest BCUT2D eigenvalue weighted by atomic mass is 9.93. The molecular weight excluding hydrogens is 313 g/mol. The highest BCUT2D eigenvalue weighted by molar-refractivity contribution is 7.08. The second-order valence-corrected chi connectivity index (χ2v) is 6.62. The average Bonchev–Trinajstić information content (AvgIpc) is 3.09. The first-order valence-corrected chi connectivity index (χ1v) is 8.86. The van der Waals surface area contributed by atoms with Crippen molar-refractivity contribution in [2.45, 2.75) is 19.3 Å². The minimum Gasteiger partial charge on any atom is -0.493 e. The number of carbonyl (C=O) groups is 1. The van der Waals surface area contributed by atoms with E-state index in [-0.39, 0.29) is 11.7 Å². The molecule has 1 aliphatic heterocycles. The van der Waals surface area contributed by atoms with Crippen molar-refractivity contribution in [1.29, 1.82) is 0 Å². The maximum Gasteiger partial charge on any atom is 0.254 e. The van der Waals surface area contributed by atoms with Crippen molar-refractivity contribution in [2.24, 2.45) is 5.92 Å². The van der Waals surface area contributed by atoms with Gasteiger partial charge in [0.05, 0.1) is 12.2 Å². The highest BCUT2D eigenvalue weighted by atomic mass is 32.1. The molecule has 1 saturated heterocycles. The molecule has 2 aromatic rings. The predicted molar refractivity (Wildman–Crippen MR) is 89.5 cm³/mol. The van der Waals surface area contributed by atoms with Crippen molar-refractivity contribution in [2.75, 3.05) is 19.7 Å². The molecule has 0 bridgehead atoms. The summed E-state index contributed by atoms with van der Waals surface area (Å²) in [5, 5.41) is 3.84. The first kappa shape index (κ1) is 16.0. The zero-order valence-electron chi connectivity index (χ0n) is 12.9. The van der Waals surface area contributed by atoms with Crippen molar-refractivity contribution in [3.8, 4) is 5.75 Å². The van der Waals surface area contributed by atoms with Gasteiger partial charge in [-0.15, -0.1) is 0 Å². The quantitative estimate of drug-likeness (QED) is 0.820. The number of hydrogen-bond acceptors (Lipinski definition) is 3. The minimum absolute atomic E-state index is 0.140. The highest BCUT2D eigenvalue weighted by Crippen LogP contribution is 2.23. The van der Waals surface area contributed by atoms with Crippen LogP contribution in [0.2, 0.25) is 0 Å². The van der Waals surface area contributed by atoms with Gasteiger partial charge in [-0.1, -0.05) is 6.07 Å². The van der Waals surface area contributed by atoms with Gasteiger partial charge in [0.15, 0.2) is 0 Å². The molecule has 5 heteroatoms. The van der Waals surface area contributed by atoms with Crippen LogP contribution in [0.15, 0.2) is 41.1 Å². The van der Waals surface area contributed by atoms with Crippen LogP contribution in [0.3, 0.4) is 0 Å². The summed E-state index contributed by atoms with van der Waals surface area (Å²) in [6, 6.07) is 8.12. The van der Waals surface area contributed by atoms with Crippen molar-refractivity contribution in [1.82, 2.24) is 4.90 Å². The van der Waals surface area contributed by atoms with Gasteiger partial charge in [0, 0.05) is 24.5 Å². The normalized spacial score (nSPS) is 15.6. The monoisotopic (exact) mass is 333 g/mol. The van der Waals surface area contributed by atoms with E-state index in [1.54, 1.807) is 23.5 Å². The molecule has 1 aliphatic rings. The summed E-state index contributed by atoms with van der Waals surface area (Å²) in [5.41, 5.74) is 0.794. The van der Waals surface area contributed by atoms with Crippen LogP contribution in [0, 0.1) is 11.7 Å². The third-order valence-corrected chi connectivity index (χ3v) is 4.94. The van der Waals surface area contributed by atoms with Crippen molar-refractivity contribution >= 4 is 17.2 Å². The third kappa shape index (κ3) is 4.32. The molecular formula is C18H20FNO2S. The smallest absolute Gasteiger partial charge is 0.254 e. The number of halogens is 1. The van der Waals surface area contributed by atoms with Gasteiger partial charge in [-0.2, -0.15) is 11.3 Å². The molecule has 0 aliphatic carbocycles. The van der Waals surface area contributed by atoms with Gasteiger partial charge >= 0.3 is 0 Å². The molecule has 3 rings (SSSR count). The molecule has 1 fully saturated rings. The lowest BCUT2D eigenvalue weighted by Gasteiger charge is -2.31. The molecule has 0 spiro atoms. The summed E-state index contributed by atoms with van der Waals surface area (Å²) >= 11 is 1.55. The molecule has 0 N–H and O–H groups in total. The van der Waals surface area contributed by atoms with Gasteiger partial charge in [0.25, 0.3) is 5.91 Å². The third-order valence-electron chi connectivity index (χ3n) is 4.26. The molecule has 3 nitrogen and oxygen atoms in total. The molecule has 1 aromatic heterocycles.